The molecule has 2 amide bonds. The highest BCUT2D eigenvalue weighted by Gasteiger charge is 2.27. The average Bonchev–Trinajstić information content (AvgIpc) is 3.42. The van der Waals surface area contributed by atoms with Crippen LogP contribution >= 0.6 is 34.4 Å². The first-order valence-electron chi connectivity index (χ1n) is 10.6. The van der Waals surface area contributed by atoms with E-state index < -0.39 is 11.9 Å². The number of thiophene rings is 2. The summed E-state index contributed by atoms with van der Waals surface area (Å²) in [7, 11) is 0. The SMILES string of the molecule is Cc1cc(-c2nnc(SCC(=O)Nc3sc(C(N)=O)c(C)c3C(=O)OC(C)C)n2C(C)C)cs1. The molecule has 3 rings (SSSR count). The summed E-state index contributed by atoms with van der Waals surface area (Å²) >= 11 is 3.85. The standard InChI is InChI=1S/C22H27N5O4S3/c1-10(2)27-19(14-7-12(5)32-8-14)25-26-22(27)33-9-15(28)24-20-16(21(30)31-11(3)4)13(6)17(34-20)18(23)29/h7-8,10-11H,9H2,1-6H3,(H2,23,29)(H,24,28). The number of carbonyl (C=O) groups is 3. The molecule has 0 unspecified atom stereocenters. The van der Waals surface area contributed by atoms with Crippen molar-refractivity contribution >= 4 is 57.2 Å². The molecule has 0 radical (unpaired) electrons. The second-order valence-electron chi connectivity index (χ2n) is 8.13. The molecule has 0 aliphatic carbocycles. The van der Waals surface area contributed by atoms with Crippen molar-refractivity contribution < 1.29 is 19.1 Å². The number of anilines is 1. The molecule has 0 saturated carbocycles. The molecule has 0 fully saturated rings. The van der Waals surface area contributed by atoms with Crippen LogP contribution in [0, 0.1) is 13.8 Å². The molecule has 0 bridgehead atoms. The number of hydrogen-bond acceptors (Lipinski definition) is 9. The number of thioether (sulfide) groups is 1. The molecule has 34 heavy (non-hydrogen) atoms. The molecule has 0 atom stereocenters. The molecule has 0 aliphatic rings. The lowest BCUT2D eigenvalue weighted by Gasteiger charge is -2.13. The zero-order valence-electron chi connectivity index (χ0n) is 19.8. The molecule has 0 aliphatic heterocycles. The second kappa shape index (κ2) is 10.7. The molecular formula is C22H27N5O4S3. The van der Waals surface area contributed by atoms with E-state index in [1.54, 1.807) is 32.1 Å². The van der Waals surface area contributed by atoms with Gasteiger partial charge in [0.05, 0.1) is 22.3 Å². The first-order valence-corrected chi connectivity index (χ1v) is 13.2. The van der Waals surface area contributed by atoms with E-state index in [0.29, 0.717) is 10.7 Å². The highest BCUT2D eigenvalue weighted by Crippen LogP contribution is 2.34. The maximum atomic E-state index is 12.8. The topological polar surface area (TPSA) is 129 Å². The first-order chi connectivity index (χ1) is 16.0. The number of amides is 2. The van der Waals surface area contributed by atoms with E-state index in [1.807, 2.05) is 30.7 Å². The molecule has 0 saturated heterocycles. The van der Waals surface area contributed by atoms with Crippen molar-refractivity contribution in [1.29, 1.82) is 0 Å². The molecule has 12 heteroatoms. The van der Waals surface area contributed by atoms with Crippen LogP contribution in [0.4, 0.5) is 5.00 Å². The number of nitrogens with one attached hydrogen (secondary N) is 1. The Hall–Kier alpha value is -2.70. The summed E-state index contributed by atoms with van der Waals surface area (Å²) in [4.78, 5) is 38.6. The number of primary amides is 1. The van der Waals surface area contributed by atoms with Crippen LogP contribution in [0.1, 0.15) is 64.2 Å². The van der Waals surface area contributed by atoms with Crippen molar-refractivity contribution in [3.05, 3.63) is 32.3 Å². The number of aryl methyl sites for hydroxylation is 1. The highest BCUT2D eigenvalue weighted by molar-refractivity contribution is 7.99. The Kier molecular flexibility index (Phi) is 8.16. The monoisotopic (exact) mass is 521 g/mol. The second-order valence-corrected chi connectivity index (χ2v) is 11.2. The van der Waals surface area contributed by atoms with Crippen LogP contribution in [0.5, 0.6) is 0 Å². The Labute approximate surface area is 210 Å². The molecule has 9 nitrogen and oxygen atoms in total. The predicted octanol–water partition coefficient (Wildman–Crippen LogP) is 4.66. The van der Waals surface area contributed by atoms with Crippen LogP contribution < -0.4 is 11.1 Å². The van der Waals surface area contributed by atoms with Gasteiger partial charge in [0, 0.05) is 21.9 Å². The fraction of sp³-hybridized carbons (Fsp3) is 0.409. The Morgan fingerprint density at radius 3 is 2.47 bits per heavy atom. The Morgan fingerprint density at radius 2 is 1.91 bits per heavy atom. The average molecular weight is 522 g/mol. The van der Waals surface area contributed by atoms with Gasteiger partial charge in [-0.05, 0) is 53.2 Å². The number of aromatic nitrogens is 3. The third-order valence-electron chi connectivity index (χ3n) is 4.67. The molecule has 0 aromatic carbocycles. The van der Waals surface area contributed by atoms with Gasteiger partial charge in [-0.1, -0.05) is 11.8 Å². The van der Waals surface area contributed by atoms with Gasteiger partial charge < -0.3 is 15.8 Å². The van der Waals surface area contributed by atoms with Gasteiger partial charge in [0.1, 0.15) is 5.00 Å². The van der Waals surface area contributed by atoms with E-state index in [9.17, 15) is 14.4 Å². The summed E-state index contributed by atoms with van der Waals surface area (Å²) in [5.74, 6) is -0.852. The Balaban J connectivity index is 1.79. The van der Waals surface area contributed by atoms with Crippen LogP contribution in [-0.2, 0) is 9.53 Å². The molecule has 3 N–H and O–H groups in total. The lowest BCUT2D eigenvalue weighted by Crippen LogP contribution is -2.18. The van der Waals surface area contributed by atoms with Gasteiger partial charge >= 0.3 is 5.97 Å². The number of nitrogens with two attached hydrogens (primary N) is 1. The van der Waals surface area contributed by atoms with Gasteiger partial charge in [-0.25, -0.2) is 4.79 Å². The molecule has 182 valence electrons. The number of rotatable bonds is 9. The zero-order valence-corrected chi connectivity index (χ0v) is 22.2. The van der Waals surface area contributed by atoms with Crippen LogP contribution in [-0.4, -0.2) is 44.4 Å². The van der Waals surface area contributed by atoms with Crippen molar-refractivity contribution in [2.75, 3.05) is 11.1 Å². The summed E-state index contributed by atoms with van der Waals surface area (Å²) in [6, 6.07) is 2.15. The molecule has 0 spiro atoms. The number of esters is 1. The van der Waals surface area contributed by atoms with Crippen molar-refractivity contribution in [3.63, 3.8) is 0 Å². The molecular weight excluding hydrogens is 494 g/mol. The van der Waals surface area contributed by atoms with E-state index >= 15 is 0 Å². The summed E-state index contributed by atoms with van der Waals surface area (Å²) < 4.78 is 7.28. The van der Waals surface area contributed by atoms with Crippen LogP contribution in [0.2, 0.25) is 0 Å². The van der Waals surface area contributed by atoms with Crippen LogP contribution in [0.15, 0.2) is 16.6 Å². The Bertz CT molecular complexity index is 1230. The van der Waals surface area contributed by atoms with E-state index in [0.717, 1.165) is 22.7 Å². The van der Waals surface area contributed by atoms with E-state index in [-0.39, 0.29) is 39.2 Å². The lowest BCUT2D eigenvalue weighted by atomic mass is 10.1. The largest absolute Gasteiger partial charge is 0.459 e. The van der Waals surface area contributed by atoms with Crippen molar-refractivity contribution in [1.82, 2.24) is 14.8 Å². The number of hydrogen-bond donors (Lipinski definition) is 2. The minimum atomic E-state index is -0.669. The molecule has 3 heterocycles. The van der Waals surface area contributed by atoms with Crippen LogP contribution in [0.25, 0.3) is 11.4 Å². The Morgan fingerprint density at radius 1 is 1.21 bits per heavy atom. The van der Waals surface area contributed by atoms with Gasteiger partial charge in [-0.15, -0.1) is 32.9 Å². The normalized spacial score (nSPS) is 11.3. The summed E-state index contributed by atoms with van der Waals surface area (Å²) in [6.45, 7) is 11.1. The predicted molar refractivity (Wildman–Crippen MR) is 136 cm³/mol. The van der Waals surface area contributed by atoms with Gasteiger partial charge in [-0.3, -0.25) is 14.2 Å². The smallest absolute Gasteiger partial charge is 0.341 e. The lowest BCUT2D eigenvalue weighted by molar-refractivity contribution is -0.113. The third kappa shape index (κ3) is 5.68. The minimum absolute atomic E-state index is 0.0367. The van der Waals surface area contributed by atoms with Crippen LogP contribution in [0.3, 0.4) is 0 Å². The number of nitrogens with zero attached hydrogens (tertiary/aromatic N) is 3. The number of carbonyl (C=O) groups excluding carboxylic acids is 3. The van der Waals surface area contributed by atoms with Crippen molar-refractivity contribution in [2.45, 2.75) is 58.8 Å². The number of ether oxygens (including phenoxy) is 1. The highest BCUT2D eigenvalue weighted by atomic mass is 32.2. The minimum Gasteiger partial charge on any atom is -0.459 e. The van der Waals surface area contributed by atoms with E-state index in [1.165, 1.54) is 16.6 Å². The van der Waals surface area contributed by atoms with E-state index in [2.05, 4.69) is 21.6 Å². The zero-order chi connectivity index (χ0) is 25.2. The van der Waals surface area contributed by atoms with Gasteiger partial charge in [0.25, 0.3) is 5.91 Å². The fourth-order valence-electron chi connectivity index (χ4n) is 3.25. The third-order valence-corrected chi connectivity index (χ3v) is 7.70. The fourth-order valence-corrected chi connectivity index (χ4v) is 5.86. The first kappa shape index (κ1) is 25.9. The summed E-state index contributed by atoms with van der Waals surface area (Å²) in [5.41, 5.74) is 6.97. The quantitative estimate of drug-likeness (QED) is 0.309. The van der Waals surface area contributed by atoms with Crippen molar-refractivity contribution in [2.24, 2.45) is 5.73 Å². The van der Waals surface area contributed by atoms with Gasteiger partial charge in [-0.2, -0.15) is 0 Å². The van der Waals surface area contributed by atoms with Crippen molar-refractivity contribution in [3.8, 4) is 11.4 Å². The maximum absolute atomic E-state index is 12.8. The van der Waals surface area contributed by atoms with Gasteiger partial charge in [0.15, 0.2) is 11.0 Å². The molecule has 3 aromatic rings. The summed E-state index contributed by atoms with van der Waals surface area (Å²) in [5, 5.41) is 14.3. The van der Waals surface area contributed by atoms with Gasteiger partial charge in [0.2, 0.25) is 5.91 Å². The maximum Gasteiger partial charge on any atom is 0.341 e. The molecule has 3 aromatic heterocycles. The van der Waals surface area contributed by atoms with E-state index in [4.69, 9.17) is 10.5 Å². The summed E-state index contributed by atoms with van der Waals surface area (Å²) in [6.07, 6.45) is -0.355.